The molecule has 0 amide bonds. The number of rotatable bonds is 16. The topological polar surface area (TPSA) is 77.8 Å². The Hall–Kier alpha value is -1.65. The van der Waals surface area contributed by atoms with Gasteiger partial charge >= 0.3 is 5.97 Å². The minimum absolute atomic E-state index is 0.244. The number of carbonyl (C=O) groups is 1. The lowest BCUT2D eigenvalue weighted by atomic mass is 10.1. The predicted octanol–water partition coefficient (Wildman–Crippen LogP) is 4.94. The van der Waals surface area contributed by atoms with Crippen LogP contribution in [0.3, 0.4) is 0 Å². The second kappa shape index (κ2) is 18.2. The number of hydrogen-bond donors (Lipinski definition) is 3. The van der Waals surface area contributed by atoms with E-state index >= 15 is 0 Å². The fraction of sp³-hybridized carbons (Fsp3) is 0.591. The number of allylic oxidation sites excluding steroid dienone is 5. The van der Waals surface area contributed by atoms with Crippen molar-refractivity contribution in [2.24, 2.45) is 0 Å². The van der Waals surface area contributed by atoms with E-state index in [0.717, 1.165) is 51.4 Å². The Morgan fingerprint density at radius 1 is 0.846 bits per heavy atom. The Balaban J connectivity index is 3.73. The fourth-order valence-corrected chi connectivity index (χ4v) is 2.36. The lowest BCUT2D eigenvalue weighted by molar-refractivity contribution is -0.137. The first-order chi connectivity index (χ1) is 12.6. The summed E-state index contributed by atoms with van der Waals surface area (Å²) in [5.74, 6) is -0.733. The maximum Gasteiger partial charge on any atom is 0.303 e. The van der Waals surface area contributed by atoms with E-state index in [1.54, 1.807) is 18.2 Å². The summed E-state index contributed by atoms with van der Waals surface area (Å²) in [5, 5.41) is 28.1. The molecule has 4 heteroatoms. The van der Waals surface area contributed by atoms with Crippen molar-refractivity contribution in [1.29, 1.82) is 0 Å². The van der Waals surface area contributed by atoms with E-state index in [4.69, 9.17) is 5.11 Å². The quantitative estimate of drug-likeness (QED) is 0.206. The molecule has 4 nitrogen and oxygen atoms in total. The van der Waals surface area contributed by atoms with Gasteiger partial charge in [-0.25, -0.2) is 0 Å². The summed E-state index contributed by atoms with van der Waals surface area (Å²) in [6, 6.07) is 0. The third-order valence-electron chi connectivity index (χ3n) is 3.91. The molecule has 26 heavy (non-hydrogen) atoms. The molecule has 0 saturated heterocycles. The third kappa shape index (κ3) is 18.7. The molecule has 3 N–H and O–H groups in total. The van der Waals surface area contributed by atoms with Crippen molar-refractivity contribution >= 4 is 5.97 Å². The lowest BCUT2D eigenvalue weighted by Gasteiger charge is -2.02. The van der Waals surface area contributed by atoms with Crippen LogP contribution in [0.1, 0.15) is 71.1 Å². The Labute approximate surface area is 158 Å². The zero-order chi connectivity index (χ0) is 19.5. The van der Waals surface area contributed by atoms with Gasteiger partial charge in [0.2, 0.25) is 0 Å². The maximum absolute atomic E-state index is 10.4. The molecule has 148 valence electrons. The summed E-state index contributed by atoms with van der Waals surface area (Å²) in [6.07, 6.45) is 22.5. The van der Waals surface area contributed by atoms with Gasteiger partial charge in [0.15, 0.2) is 0 Å². The zero-order valence-electron chi connectivity index (χ0n) is 16.1. The van der Waals surface area contributed by atoms with Gasteiger partial charge in [-0.15, -0.1) is 0 Å². The first-order valence-corrected chi connectivity index (χ1v) is 9.80. The minimum atomic E-state index is -0.733. The summed E-state index contributed by atoms with van der Waals surface area (Å²) in [5.41, 5.74) is 0. The highest BCUT2D eigenvalue weighted by molar-refractivity contribution is 5.66. The molecule has 0 aliphatic heterocycles. The number of carboxylic acid groups (broad SMARTS) is 1. The number of aliphatic hydroxyl groups is 2. The van der Waals surface area contributed by atoms with Crippen LogP contribution in [0.2, 0.25) is 0 Å². The molecule has 0 rings (SSSR count). The van der Waals surface area contributed by atoms with Crippen LogP contribution in [0.4, 0.5) is 0 Å². The molecule has 0 aliphatic carbocycles. The molecule has 0 bridgehead atoms. The molecule has 2 atom stereocenters. The number of aliphatic carboxylic acids is 1. The second-order valence-electron chi connectivity index (χ2n) is 6.49. The van der Waals surface area contributed by atoms with Gasteiger partial charge in [-0.3, -0.25) is 4.79 Å². The average Bonchev–Trinajstić information content (AvgIpc) is 2.60. The fourth-order valence-electron chi connectivity index (χ4n) is 2.36. The van der Waals surface area contributed by atoms with Gasteiger partial charge in [-0.2, -0.15) is 0 Å². The highest BCUT2D eigenvalue weighted by Crippen LogP contribution is 2.05. The molecule has 0 aromatic rings. The number of unbranched alkanes of at least 4 members (excludes halogenated alkanes) is 5. The largest absolute Gasteiger partial charge is 0.481 e. The van der Waals surface area contributed by atoms with Gasteiger partial charge in [0.1, 0.15) is 0 Å². The standard InChI is InChI=1S/C22H36O4/c1-2-3-10-15-20(23)17-12-8-9-13-18-21(24)16-11-6-4-5-7-14-19-22(25)26/h6,8-9,11-13,17-18,20-21,23-24H,2-5,7,10,14-16,19H2,1H3,(H,25,26)/b9-8+,11-6+,17-12+,18-13+. The van der Waals surface area contributed by atoms with Crippen LogP contribution in [-0.2, 0) is 4.79 Å². The second-order valence-corrected chi connectivity index (χ2v) is 6.49. The lowest BCUT2D eigenvalue weighted by Crippen LogP contribution is -2.00. The van der Waals surface area contributed by atoms with Crippen LogP contribution >= 0.6 is 0 Å². The zero-order valence-corrected chi connectivity index (χ0v) is 16.1. The third-order valence-corrected chi connectivity index (χ3v) is 3.91. The summed E-state index contributed by atoms with van der Waals surface area (Å²) in [6.45, 7) is 2.15. The Morgan fingerprint density at radius 3 is 2.19 bits per heavy atom. The minimum Gasteiger partial charge on any atom is -0.481 e. The number of carboxylic acids is 1. The van der Waals surface area contributed by atoms with E-state index in [-0.39, 0.29) is 12.5 Å². The van der Waals surface area contributed by atoms with Crippen LogP contribution in [-0.4, -0.2) is 33.5 Å². The Morgan fingerprint density at radius 2 is 1.54 bits per heavy atom. The molecule has 0 aromatic heterocycles. The van der Waals surface area contributed by atoms with Gasteiger partial charge in [-0.1, -0.05) is 81.2 Å². The van der Waals surface area contributed by atoms with Crippen molar-refractivity contribution in [3.05, 3.63) is 48.6 Å². The van der Waals surface area contributed by atoms with Crippen molar-refractivity contribution in [3.63, 3.8) is 0 Å². The molecule has 0 aliphatic rings. The summed E-state index contributed by atoms with van der Waals surface area (Å²) < 4.78 is 0. The van der Waals surface area contributed by atoms with Gasteiger partial charge in [0.25, 0.3) is 0 Å². The Bertz CT molecular complexity index is 449. The van der Waals surface area contributed by atoms with E-state index in [1.807, 2.05) is 30.4 Å². The first-order valence-electron chi connectivity index (χ1n) is 9.80. The van der Waals surface area contributed by atoms with Crippen LogP contribution < -0.4 is 0 Å². The van der Waals surface area contributed by atoms with E-state index in [0.29, 0.717) is 6.42 Å². The molecular formula is C22H36O4. The maximum atomic E-state index is 10.4. The molecule has 0 fully saturated rings. The number of hydrogen-bond acceptors (Lipinski definition) is 3. The predicted molar refractivity (Wildman–Crippen MR) is 108 cm³/mol. The van der Waals surface area contributed by atoms with Gasteiger partial charge in [-0.05, 0) is 32.1 Å². The van der Waals surface area contributed by atoms with E-state index in [9.17, 15) is 15.0 Å². The van der Waals surface area contributed by atoms with Crippen molar-refractivity contribution < 1.29 is 20.1 Å². The highest BCUT2D eigenvalue weighted by Gasteiger charge is 1.97. The smallest absolute Gasteiger partial charge is 0.303 e. The van der Waals surface area contributed by atoms with Crippen molar-refractivity contribution in [2.45, 2.75) is 83.3 Å². The molecule has 2 unspecified atom stereocenters. The summed E-state index contributed by atoms with van der Waals surface area (Å²) in [4.78, 5) is 10.4. The monoisotopic (exact) mass is 364 g/mol. The van der Waals surface area contributed by atoms with Crippen LogP contribution in [0.15, 0.2) is 48.6 Å². The first kappa shape index (κ1) is 24.4. The van der Waals surface area contributed by atoms with Crippen molar-refractivity contribution in [2.75, 3.05) is 0 Å². The normalized spacial score (nSPS) is 14.9. The van der Waals surface area contributed by atoms with Crippen LogP contribution in [0.5, 0.6) is 0 Å². The molecular weight excluding hydrogens is 328 g/mol. The van der Waals surface area contributed by atoms with Crippen LogP contribution in [0.25, 0.3) is 0 Å². The van der Waals surface area contributed by atoms with Gasteiger partial charge < -0.3 is 15.3 Å². The van der Waals surface area contributed by atoms with E-state index in [2.05, 4.69) is 6.92 Å². The molecule has 0 saturated carbocycles. The SMILES string of the molecule is CCCCCC(O)/C=C/C=C/C=C/C(O)C/C=C/CCCCCC(=O)O. The highest BCUT2D eigenvalue weighted by atomic mass is 16.4. The van der Waals surface area contributed by atoms with Crippen molar-refractivity contribution in [3.8, 4) is 0 Å². The molecule has 0 aromatic carbocycles. The molecule has 0 radical (unpaired) electrons. The van der Waals surface area contributed by atoms with Crippen molar-refractivity contribution in [1.82, 2.24) is 0 Å². The molecule has 0 spiro atoms. The van der Waals surface area contributed by atoms with E-state index < -0.39 is 12.1 Å². The Kier molecular flexibility index (Phi) is 17.0. The number of aliphatic hydroxyl groups excluding tert-OH is 2. The van der Waals surface area contributed by atoms with Gasteiger partial charge in [0.05, 0.1) is 12.2 Å². The average molecular weight is 365 g/mol. The van der Waals surface area contributed by atoms with E-state index in [1.165, 1.54) is 0 Å². The summed E-state index contributed by atoms with van der Waals surface area (Å²) in [7, 11) is 0. The summed E-state index contributed by atoms with van der Waals surface area (Å²) >= 11 is 0. The van der Waals surface area contributed by atoms with Gasteiger partial charge in [0, 0.05) is 6.42 Å². The van der Waals surface area contributed by atoms with Crippen LogP contribution in [0, 0.1) is 0 Å². The molecule has 0 heterocycles.